The molecule has 0 radical (unpaired) electrons. The molecule has 0 spiro atoms. The number of hydrogen-bond acceptors (Lipinski definition) is 3. The Morgan fingerprint density at radius 1 is 1.11 bits per heavy atom. The summed E-state index contributed by atoms with van der Waals surface area (Å²) in [6, 6.07) is 0.697. The first-order valence-electron chi connectivity index (χ1n) is 7.89. The van der Waals surface area contributed by atoms with Gasteiger partial charge in [-0.15, -0.1) is 0 Å². The third-order valence-electron chi connectivity index (χ3n) is 5.46. The normalized spacial score (nSPS) is 32.1. The van der Waals surface area contributed by atoms with Crippen molar-refractivity contribution in [1.29, 1.82) is 0 Å². The molecule has 3 rings (SSSR count). The van der Waals surface area contributed by atoms with Crippen molar-refractivity contribution in [2.24, 2.45) is 5.41 Å². The van der Waals surface area contributed by atoms with Crippen LogP contribution in [0.25, 0.3) is 0 Å². The third-order valence-corrected chi connectivity index (χ3v) is 5.46. The van der Waals surface area contributed by atoms with Gasteiger partial charge in [-0.25, -0.2) is 0 Å². The Kier molecular flexibility index (Phi) is 3.81. The fraction of sp³-hybridized carbons (Fsp3) is 0.933. The Bertz CT molecular complexity index is 339. The molecule has 4 heteroatoms. The van der Waals surface area contributed by atoms with Crippen LogP contribution in [0, 0.1) is 5.41 Å². The van der Waals surface area contributed by atoms with E-state index in [4.69, 9.17) is 0 Å². The van der Waals surface area contributed by atoms with E-state index in [9.17, 15) is 9.90 Å². The minimum atomic E-state index is -0.555. The SMILES string of the molecule is O=C(O)C1(CN2CCN3CCCC3C2)CCCCC1. The number of piperazine rings is 1. The van der Waals surface area contributed by atoms with Crippen molar-refractivity contribution in [2.75, 3.05) is 32.7 Å². The molecule has 1 aliphatic carbocycles. The second-order valence-electron chi connectivity index (χ2n) is 6.71. The van der Waals surface area contributed by atoms with E-state index in [2.05, 4.69) is 9.80 Å². The summed E-state index contributed by atoms with van der Waals surface area (Å²) in [4.78, 5) is 16.8. The largest absolute Gasteiger partial charge is 0.481 e. The van der Waals surface area contributed by atoms with Crippen molar-refractivity contribution < 1.29 is 9.90 Å². The number of hydrogen-bond donors (Lipinski definition) is 1. The molecule has 2 heterocycles. The number of fused-ring (bicyclic) bond motifs is 1. The summed E-state index contributed by atoms with van der Waals surface area (Å²) in [6.45, 7) is 5.33. The van der Waals surface area contributed by atoms with Gasteiger partial charge < -0.3 is 5.11 Å². The van der Waals surface area contributed by atoms with Gasteiger partial charge >= 0.3 is 5.97 Å². The van der Waals surface area contributed by atoms with Crippen molar-refractivity contribution in [1.82, 2.24) is 9.80 Å². The highest BCUT2D eigenvalue weighted by Crippen LogP contribution is 2.38. The number of rotatable bonds is 3. The van der Waals surface area contributed by atoms with Crippen LogP contribution in [0.1, 0.15) is 44.9 Å². The van der Waals surface area contributed by atoms with Gasteiger partial charge in [-0.05, 0) is 32.2 Å². The summed E-state index contributed by atoms with van der Waals surface area (Å²) in [6.07, 6.45) is 7.79. The van der Waals surface area contributed by atoms with Crippen LogP contribution in [0.15, 0.2) is 0 Å². The van der Waals surface area contributed by atoms with Crippen molar-refractivity contribution >= 4 is 5.97 Å². The summed E-state index contributed by atoms with van der Waals surface area (Å²) in [5.41, 5.74) is -0.445. The molecule has 1 N–H and O–H groups in total. The maximum atomic E-state index is 11.7. The number of carboxylic acids is 1. The summed E-state index contributed by atoms with van der Waals surface area (Å²) in [7, 11) is 0. The summed E-state index contributed by atoms with van der Waals surface area (Å²) < 4.78 is 0. The Balaban J connectivity index is 1.64. The van der Waals surface area contributed by atoms with Crippen molar-refractivity contribution in [3.05, 3.63) is 0 Å². The zero-order valence-electron chi connectivity index (χ0n) is 11.8. The lowest BCUT2D eigenvalue weighted by Gasteiger charge is -2.43. The second kappa shape index (κ2) is 5.41. The monoisotopic (exact) mass is 266 g/mol. The topological polar surface area (TPSA) is 43.8 Å². The Morgan fingerprint density at radius 3 is 2.63 bits per heavy atom. The fourth-order valence-electron chi connectivity index (χ4n) is 4.30. The first-order chi connectivity index (χ1) is 9.20. The van der Waals surface area contributed by atoms with Gasteiger partial charge in [0.1, 0.15) is 0 Å². The summed E-state index contributed by atoms with van der Waals surface area (Å²) >= 11 is 0. The molecule has 19 heavy (non-hydrogen) atoms. The minimum Gasteiger partial charge on any atom is -0.481 e. The fourth-order valence-corrected chi connectivity index (χ4v) is 4.30. The molecule has 1 atom stereocenters. The van der Waals surface area contributed by atoms with Gasteiger partial charge in [-0.3, -0.25) is 14.6 Å². The standard InChI is InChI=1S/C15H26N2O2/c18-14(19)15(6-2-1-3-7-15)12-16-9-10-17-8-4-5-13(17)11-16/h13H,1-12H2,(H,18,19). The van der Waals surface area contributed by atoms with Gasteiger partial charge in [0, 0.05) is 32.2 Å². The van der Waals surface area contributed by atoms with Crippen molar-refractivity contribution in [3.63, 3.8) is 0 Å². The van der Waals surface area contributed by atoms with E-state index >= 15 is 0 Å². The van der Waals surface area contributed by atoms with Gasteiger partial charge in [-0.2, -0.15) is 0 Å². The Hall–Kier alpha value is -0.610. The van der Waals surface area contributed by atoms with Crippen LogP contribution in [-0.4, -0.2) is 59.6 Å². The van der Waals surface area contributed by atoms with E-state index in [0.717, 1.165) is 51.9 Å². The molecule has 0 aromatic carbocycles. The van der Waals surface area contributed by atoms with Crippen LogP contribution in [0.3, 0.4) is 0 Å². The lowest BCUT2D eigenvalue weighted by Crippen LogP contribution is -2.54. The quantitative estimate of drug-likeness (QED) is 0.846. The maximum absolute atomic E-state index is 11.7. The molecule has 0 bridgehead atoms. The van der Waals surface area contributed by atoms with Crippen LogP contribution >= 0.6 is 0 Å². The molecule has 3 aliphatic rings. The van der Waals surface area contributed by atoms with E-state index in [0.29, 0.717) is 6.04 Å². The predicted molar refractivity (Wildman–Crippen MR) is 74.2 cm³/mol. The third kappa shape index (κ3) is 2.65. The second-order valence-corrected chi connectivity index (χ2v) is 6.71. The van der Waals surface area contributed by atoms with Gasteiger partial charge in [0.05, 0.1) is 5.41 Å². The first kappa shape index (κ1) is 13.4. The zero-order chi connectivity index (χ0) is 13.3. The number of carbonyl (C=O) groups is 1. The molecule has 4 nitrogen and oxygen atoms in total. The molecule has 0 aromatic rings. The summed E-state index contributed by atoms with van der Waals surface area (Å²) in [5, 5.41) is 9.67. The van der Waals surface area contributed by atoms with Crippen molar-refractivity contribution in [3.8, 4) is 0 Å². The number of carboxylic acid groups (broad SMARTS) is 1. The van der Waals surface area contributed by atoms with Crippen LogP contribution in [0.4, 0.5) is 0 Å². The van der Waals surface area contributed by atoms with Crippen molar-refractivity contribution in [2.45, 2.75) is 51.0 Å². The average Bonchev–Trinajstić information content (AvgIpc) is 2.87. The molecule has 0 aromatic heterocycles. The van der Waals surface area contributed by atoms with Crippen LogP contribution in [-0.2, 0) is 4.79 Å². The molecule has 2 saturated heterocycles. The molecule has 108 valence electrons. The zero-order valence-corrected chi connectivity index (χ0v) is 11.8. The Labute approximate surface area is 115 Å². The van der Waals surface area contributed by atoms with Crippen LogP contribution in [0.5, 0.6) is 0 Å². The highest BCUT2D eigenvalue weighted by molar-refractivity contribution is 5.75. The van der Waals surface area contributed by atoms with E-state index in [1.165, 1.54) is 25.8 Å². The highest BCUT2D eigenvalue weighted by atomic mass is 16.4. The highest BCUT2D eigenvalue weighted by Gasteiger charge is 2.42. The molecule has 1 unspecified atom stereocenters. The average molecular weight is 266 g/mol. The molecular formula is C15H26N2O2. The summed E-state index contributed by atoms with van der Waals surface area (Å²) in [5.74, 6) is -0.555. The maximum Gasteiger partial charge on any atom is 0.310 e. The van der Waals surface area contributed by atoms with Gasteiger partial charge in [-0.1, -0.05) is 19.3 Å². The lowest BCUT2D eigenvalue weighted by molar-refractivity contribution is -0.153. The van der Waals surface area contributed by atoms with Gasteiger partial charge in [0.2, 0.25) is 0 Å². The van der Waals surface area contributed by atoms with Crippen LogP contribution < -0.4 is 0 Å². The van der Waals surface area contributed by atoms with Gasteiger partial charge in [0.15, 0.2) is 0 Å². The number of nitrogens with zero attached hydrogens (tertiary/aromatic N) is 2. The van der Waals surface area contributed by atoms with Crippen LogP contribution in [0.2, 0.25) is 0 Å². The molecule has 3 fully saturated rings. The predicted octanol–water partition coefficient (Wildman–Crippen LogP) is 1.80. The Morgan fingerprint density at radius 2 is 1.89 bits per heavy atom. The molecule has 2 aliphatic heterocycles. The minimum absolute atomic E-state index is 0.445. The number of aliphatic carboxylic acids is 1. The van der Waals surface area contributed by atoms with E-state index in [1.54, 1.807) is 0 Å². The smallest absolute Gasteiger partial charge is 0.310 e. The first-order valence-corrected chi connectivity index (χ1v) is 7.89. The van der Waals surface area contributed by atoms with Gasteiger partial charge in [0.25, 0.3) is 0 Å². The molecule has 1 saturated carbocycles. The van der Waals surface area contributed by atoms with E-state index in [-0.39, 0.29) is 0 Å². The molecule has 0 amide bonds. The molecular weight excluding hydrogens is 240 g/mol. The van der Waals surface area contributed by atoms with E-state index in [1.807, 2.05) is 0 Å². The van der Waals surface area contributed by atoms with E-state index < -0.39 is 11.4 Å². The lowest BCUT2D eigenvalue weighted by atomic mass is 9.73.